The normalized spacial score (nSPS) is 33.6. The van der Waals surface area contributed by atoms with Crippen LogP contribution in [0, 0.1) is 11.8 Å². The molecule has 4 fully saturated rings. The molecule has 2 N–H and O–H groups in total. The largest absolute Gasteiger partial charge is 0.354 e. The van der Waals surface area contributed by atoms with Gasteiger partial charge in [0.2, 0.25) is 0 Å². The van der Waals surface area contributed by atoms with Crippen molar-refractivity contribution in [2.45, 2.75) is 95.2 Å². The first kappa shape index (κ1) is 17.6. The molecule has 4 aliphatic rings. The highest BCUT2D eigenvalue weighted by atomic mass is 15.2. The molecule has 0 aromatic rings. The van der Waals surface area contributed by atoms with Crippen molar-refractivity contribution in [1.82, 2.24) is 15.5 Å². The first-order valence-corrected chi connectivity index (χ1v) is 11.1. The lowest BCUT2D eigenvalue weighted by Gasteiger charge is -2.36. The van der Waals surface area contributed by atoms with Crippen LogP contribution in [0.25, 0.3) is 0 Å². The Labute approximate surface area is 154 Å². The van der Waals surface area contributed by atoms with E-state index < -0.39 is 0 Å². The number of nitrogens with one attached hydrogen (secondary N) is 2. The number of piperidine rings is 1. The van der Waals surface area contributed by atoms with Crippen LogP contribution in [-0.4, -0.2) is 49.1 Å². The maximum atomic E-state index is 4.52. The lowest BCUT2D eigenvalue weighted by molar-refractivity contribution is 0.150. The summed E-state index contributed by atoms with van der Waals surface area (Å²) in [6.45, 7) is 2.54. The molecule has 0 amide bonds. The molecule has 1 aliphatic heterocycles. The summed E-state index contributed by atoms with van der Waals surface area (Å²) in [7, 11) is 1.93. The van der Waals surface area contributed by atoms with Crippen LogP contribution in [0.15, 0.2) is 4.99 Å². The van der Waals surface area contributed by atoms with Crippen LogP contribution >= 0.6 is 0 Å². The number of hydrogen-bond acceptors (Lipinski definition) is 2. The molecule has 3 aliphatic carbocycles. The zero-order valence-corrected chi connectivity index (χ0v) is 16.2. The maximum Gasteiger partial charge on any atom is 0.191 e. The van der Waals surface area contributed by atoms with E-state index in [0.29, 0.717) is 12.1 Å². The van der Waals surface area contributed by atoms with Gasteiger partial charge in [-0.1, -0.05) is 44.9 Å². The van der Waals surface area contributed by atoms with E-state index in [9.17, 15) is 0 Å². The molecular weight excluding hydrogens is 308 g/mol. The number of hydrogen-bond donors (Lipinski definition) is 2. The standard InChI is InChI=1S/C21H38N4/c1-22-21(24-20-15-19(20)16-7-3-2-4-8-16)23-17-11-13-25(14-12-17)18-9-5-6-10-18/h16-20H,2-15H2,1H3,(H2,22,23,24). The molecule has 0 spiro atoms. The Hall–Kier alpha value is -0.770. The van der Waals surface area contributed by atoms with E-state index in [1.54, 1.807) is 0 Å². The molecule has 2 unspecified atom stereocenters. The second kappa shape index (κ2) is 8.28. The molecule has 4 nitrogen and oxygen atoms in total. The quantitative estimate of drug-likeness (QED) is 0.604. The molecule has 0 aromatic carbocycles. The van der Waals surface area contributed by atoms with Crippen LogP contribution in [0.5, 0.6) is 0 Å². The van der Waals surface area contributed by atoms with Crippen LogP contribution in [0.2, 0.25) is 0 Å². The first-order chi connectivity index (χ1) is 12.3. The van der Waals surface area contributed by atoms with Crippen molar-refractivity contribution in [3.8, 4) is 0 Å². The highest BCUT2D eigenvalue weighted by Gasteiger charge is 2.43. The van der Waals surface area contributed by atoms with Gasteiger partial charge in [0.1, 0.15) is 0 Å². The van der Waals surface area contributed by atoms with Gasteiger partial charge in [-0.25, -0.2) is 0 Å². The lowest BCUT2D eigenvalue weighted by atomic mass is 9.85. The average Bonchev–Trinajstić information content (AvgIpc) is 3.21. The summed E-state index contributed by atoms with van der Waals surface area (Å²) in [6.07, 6.45) is 17.0. The summed E-state index contributed by atoms with van der Waals surface area (Å²) in [6, 6.07) is 2.18. The molecule has 0 radical (unpaired) electrons. The minimum atomic E-state index is 0.607. The van der Waals surface area contributed by atoms with Gasteiger partial charge >= 0.3 is 0 Å². The third kappa shape index (κ3) is 4.50. The summed E-state index contributed by atoms with van der Waals surface area (Å²) in [5.41, 5.74) is 0. The van der Waals surface area contributed by atoms with Crippen molar-refractivity contribution in [2.24, 2.45) is 16.8 Å². The van der Waals surface area contributed by atoms with Gasteiger partial charge in [-0.05, 0) is 43.9 Å². The van der Waals surface area contributed by atoms with Gasteiger partial charge in [0.05, 0.1) is 0 Å². The molecule has 4 rings (SSSR count). The van der Waals surface area contributed by atoms with Crippen LogP contribution in [0.3, 0.4) is 0 Å². The Balaban J connectivity index is 1.18. The summed E-state index contributed by atoms with van der Waals surface area (Å²) >= 11 is 0. The molecular formula is C21H38N4. The molecule has 0 bridgehead atoms. The minimum absolute atomic E-state index is 0.607. The molecule has 142 valence electrons. The lowest BCUT2D eigenvalue weighted by Crippen LogP contribution is -2.50. The summed E-state index contributed by atoms with van der Waals surface area (Å²) in [5, 5.41) is 7.45. The van der Waals surface area contributed by atoms with Crippen LogP contribution in [-0.2, 0) is 0 Å². The zero-order valence-electron chi connectivity index (χ0n) is 16.2. The van der Waals surface area contributed by atoms with E-state index in [-0.39, 0.29) is 0 Å². The van der Waals surface area contributed by atoms with Crippen molar-refractivity contribution in [3.63, 3.8) is 0 Å². The SMILES string of the molecule is CN=C(NC1CCN(C2CCCC2)CC1)NC1CC1C1CCCCC1. The summed E-state index contributed by atoms with van der Waals surface area (Å²) in [4.78, 5) is 7.27. The molecule has 3 saturated carbocycles. The summed E-state index contributed by atoms with van der Waals surface area (Å²) in [5.74, 6) is 2.96. The second-order valence-electron chi connectivity index (χ2n) is 9.01. The van der Waals surface area contributed by atoms with Gasteiger partial charge in [-0.3, -0.25) is 4.99 Å². The Kier molecular flexibility index (Phi) is 5.84. The van der Waals surface area contributed by atoms with E-state index >= 15 is 0 Å². The van der Waals surface area contributed by atoms with Gasteiger partial charge in [-0.2, -0.15) is 0 Å². The van der Waals surface area contributed by atoms with Crippen molar-refractivity contribution in [3.05, 3.63) is 0 Å². The van der Waals surface area contributed by atoms with E-state index in [4.69, 9.17) is 0 Å². The van der Waals surface area contributed by atoms with Gasteiger partial charge in [0.15, 0.2) is 5.96 Å². The van der Waals surface area contributed by atoms with Crippen LogP contribution in [0.1, 0.15) is 77.0 Å². The highest BCUT2D eigenvalue weighted by molar-refractivity contribution is 5.80. The van der Waals surface area contributed by atoms with Crippen LogP contribution < -0.4 is 10.6 Å². The fraction of sp³-hybridized carbons (Fsp3) is 0.952. The third-order valence-electron chi connectivity index (χ3n) is 7.35. The predicted octanol–water partition coefficient (Wildman–Crippen LogP) is 3.53. The first-order valence-electron chi connectivity index (χ1n) is 11.1. The third-order valence-corrected chi connectivity index (χ3v) is 7.35. The van der Waals surface area contributed by atoms with E-state index in [1.807, 2.05) is 7.05 Å². The van der Waals surface area contributed by atoms with Crippen molar-refractivity contribution in [1.29, 1.82) is 0 Å². The van der Waals surface area contributed by atoms with Crippen molar-refractivity contribution >= 4 is 5.96 Å². The molecule has 25 heavy (non-hydrogen) atoms. The molecule has 1 saturated heterocycles. The Morgan fingerprint density at radius 3 is 2.20 bits per heavy atom. The fourth-order valence-electron chi connectivity index (χ4n) is 5.68. The smallest absolute Gasteiger partial charge is 0.191 e. The minimum Gasteiger partial charge on any atom is -0.354 e. The Morgan fingerprint density at radius 1 is 0.840 bits per heavy atom. The second-order valence-corrected chi connectivity index (χ2v) is 9.01. The molecule has 2 atom stereocenters. The van der Waals surface area contributed by atoms with Crippen molar-refractivity contribution in [2.75, 3.05) is 20.1 Å². The van der Waals surface area contributed by atoms with Crippen molar-refractivity contribution < 1.29 is 0 Å². The van der Waals surface area contributed by atoms with Gasteiger partial charge in [0, 0.05) is 38.3 Å². The number of aliphatic imine (C=N–C) groups is 1. The maximum absolute atomic E-state index is 4.52. The van der Waals surface area contributed by atoms with E-state index in [0.717, 1.165) is 23.8 Å². The topological polar surface area (TPSA) is 39.7 Å². The number of nitrogens with zero attached hydrogens (tertiary/aromatic N) is 2. The zero-order chi connectivity index (χ0) is 17.1. The molecule has 1 heterocycles. The number of likely N-dealkylation sites (tertiary alicyclic amines) is 1. The monoisotopic (exact) mass is 346 g/mol. The van der Waals surface area contributed by atoms with Crippen LogP contribution in [0.4, 0.5) is 0 Å². The number of rotatable bonds is 4. The average molecular weight is 347 g/mol. The summed E-state index contributed by atoms with van der Waals surface area (Å²) < 4.78 is 0. The highest BCUT2D eigenvalue weighted by Crippen LogP contribution is 2.44. The Morgan fingerprint density at radius 2 is 1.52 bits per heavy atom. The van der Waals surface area contributed by atoms with Gasteiger partial charge < -0.3 is 15.5 Å². The Bertz CT molecular complexity index is 443. The van der Waals surface area contributed by atoms with Gasteiger partial charge in [0.25, 0.3) is 0 Å². The predicted molar refractivity (Wildman–Crippen MR) is 105 cm³/mol. The van der Waals surface area contributed by atoms with E-state index in [1.165, 1.54) is 90.1 Å². The molecule has 0 aromatic heterocycles. The number of guanidine groups is 1. The fourth-order valence-corrected chi connectivity index (χ4v) is 5.68. The van der Waals surface area contributed by atoms with Gasteiger partial charge in [-0.15, -0.1) is 0 Å². The molecule has 4 heteroatoms. The van der Waals surface area contributed by atoms with E-state index in [2.05, 4.69) is 20.5 Å².